The first kappa shape index (κ1) is 18.5. The van der Waals surface area contributed by atoms with E-state index in [1.165, 1.54) is 0 Å². The van der Waals surface area contributed by atoms with E-state index in [2.05, 4.69) is 19.2 Å². The van der Waals surface area contributed by atoms with Gasteiger partial charge in [0.1, 0.15) is 5.75 Å². The van der Waals surface area contributed by atoms with Crippen LogP contribution in [-0.4, -0.2) is 25.3 Å². The van der Waals surface area contributed by atoms with Gasteiger partial charge < -0.3 is 14.8 Å². The molecule has 0 heterocycles. The molecule has 1 amide bonds. The van der Waals surface area contributed by atoms with E-state index in [0.29, 0.717) is 17.2 Å². The Morgan fingerprint density at radius 3 is 2.55 bits per heavy atom. The number of amides is 1. The highest BCUT2D eigenvalue weighted by Gasteiger charge is 2.21. The minimum Gasteiger partial charge on any atom is -0.466 e. The van der Waals surface area contributed by atoms with Crippen molar-refractivity contribution in [2.75, 3.05) is 13.9 Å². The van der Waals surface area contributed by atoms with Crippen molar-refractivity contribution >= 4 is 5.91 Å². The highest BCUT2D eigenvalue weighted by Crippen LogP contribution is 2.28. The molecule has 0 aliphatic heterocycles. The van der Waals surface area contributed by atoms with Gasteiger partial charge in [-0.1, -0.05) is 32.4 Å². The summed E-state index contributed by atoms with van der Waals surface area (Å²) in [5.41, 5.74) is 1.32. The Morgan fingerprint density at radius 1 is 1.32 bits per heavy atom. The summed E-state index contributed by atoms with van der Waals surface area (Å²) >= 11 is 0. The van der Waals surface area contributed by atoms with Gasteiger partial charge in [0.05, 0.1) is 5.56 Å². The standard InChI is InChI=1S/C18H29NO3/c1-7-13(2)11-14-9-8-10-15(16(14)22-12-21-6)17(20)19-18(3,4)5/h8-10,13H,7,11-12H2,1-6H3,(H,19,20)/t13-/m0/s1. The highest BCUT2D eigenvalue weighted by molar-refractivity contribution is 5.97. The van der Waals surface area contributed by atoms with Crippen molar-refractivity contribution < 1.29 is 14.3 Å². The molecule has 0 spiro atoms. The van der Waals surface area contributed by atoms with Crippen LogP contribution in [0.15, 0.2) is 18.2 Å². The summed E-state index contributed by atoms with van der Waals surface area (Å²) in [6.45, 7) is 10.4. The molecule has 0 aliphatic carbocycles. The van der Waals surface area contributed by atoms with Crippen molar-refractivity contribution in [3.8, 4) is 5.75 Å². The Labute approximate surface area is 134 Å². The van der Waals surface area contributed by atoms with Crippen LogP contribution in [0, 0.1) is 5.92 Å². The molecular weight excluding hydrogens is 278 g/mol. The van der Waals surface area contributed by atoms with Crippen molar-refractivity contribution in [3.63, 3.8) is 0 Å². The molecule has 1 aromatic carbocycles. The lowest BCUT2D eigenvalue weighted by molar-refractivity contribution is 0.0491. The zero-order valence-corrected chi connectivity index (χ0v) is 14.7. The molecule has 0 aliphatic rings. The largest absolute Gasteiger partial charge is 0.466 e. The summed E-state index contributed by atoms with van der Waals surface area (Å²) in [6.07, 6.45) is 1.97. The predicted octanol–water partition coefficient (Wildman–Crippen LogP) is 3.79. The van der Waals surface area contributed by atoms with Gasteiger partial charge >= 0.3 is 0 Å². The average molecular weight is 307 g/mol. The maximum Gasteiger partial charge on any atom is 0.255 e. The number of benzene rings is 1. The van der Waals surface area contributed by atoms with Crippen LogP contribution in [0.5, 0.6) is 5.75 Å². The van der Waals surface area contributed by atoms with Crippen molar-refractivity contribution in [2.24, 2.45) is 5.92 Å². The van der Waals surface area contributed by atoms with Crippen molar-refractivity contribution in [1.29, 1.82) is 0 Å². The van der Waals surface area contributed by atoms with Gasteiger partial charge in [0.25, 0.3) is 5.91 Å². The molecule has 0 aromatic heterocycles. The van der Waals surface area contributed by atoms with Crippen LogP contribution in [0.2, 0.25) is 0 Å². The van der Waals surface area contributed by atoms with Crippen LogP contribution in [0.4, 0.5) is 0 Å². The van der Waals surface area contributed by atoms with Crippen molar-refractivity contribution in [1.82, 2.24) is 5.32 Å². The number of ether oxygens (including phenoxy) is 2. The summed E-state index contributed by atoms with van der Waals surface area (Å²) in [6, 6.07) is 5.73. The molecule has 1 N–H and O–H groups in total. The number of para-hydroxylation sites is 1. The molecule has 1 aromatic rings. The third-order valence-corrected chi connectivity index (χ3v) is 3.42. The summed E-state index contributed by atoms with van der Waals surface area (Å²) in [7, 11) is 1.58. The molecule has 0 radical (unpaired) electrons. The SMILES string of the molecule is CC[C@H](C)Cc1cccc(C(=O)NC(C)(C)C)c1OCOC. The molecule has 4 heteroatoms. The molecule has 0 bridgehead atoms. The first-order valence-corrected chi connectivity index (χ1v) is 7.84. The van der Waals surface area contributed by atoms with Crippen LogP contribution >= 0.6 is 0 Å². The van der Waals surface area contributed by atoms with Gasteiger partial charge in [0.15, 0.2) is 6.79 Å². The molecule has 1 rings (SSSR count). The zero-order chi connectivity index (χ0) is 16.8. The van der Waals surface area contributed by atoms with Gasteiger partial charge in [-0.05, 0) is 44.7 Å². The molecule has 0 saturated carbocycles. The molecular formula is C18H29NO3. The minimum absolute atomic E-state index is 0.121. The third kappa shape index (κ3) is 5.68. The Bertz CT molecular complexity index is 492. The lowest BCUT2D eigenvalue weighted by Gasteiger charge is -2.22. The highest BCUT2D eigenvalue weighted by atomic mass is 16.7. The Hall–Kier alpha value is -1.55. The van der Waals surface area contributed by atoms with E-state index in [9.17, 15) is 4.79 Å². The molecule has 124 valence electrons. The lowest BCUT2D eigenvalue weighted by atomic mass is 9.96. The normalized spacial score (nSPS) is 12.8. The second kappa shape index (κ2) is 8.18. The topological polar surface area (TPSA) is 47.6 Å². The Morgan fingerprint density at radius 2 is 2.00 bits per heavy atom. The first-order valence-electron chi connectivity index (χ1n) is 7.84. The number of carbonyl (C=O) groups excluding carboxylic acids is 1. The van der Waals surface area contributed by atoms with E-state index in [1.807, 2.05) is 32.9 Å². The van der Waals surface area contributed by atoms with E-state index >= 15 is 0 Å². The molecule has 0 unspecified atom stereocenters. The van der Waals surface area contributed by atoms with E-state index in [1.54, 1.807) is 13.2 Å². The lowest BCUT2D eigenvalue weighted by Crippen LogP contribution is -2.40. The number of nitrogens with one attached hydrogen (secondary N) is 1. The second-order valence-electron chi connectivity index (χ2n) is 6.77. The third-order valence-electron chi connectivity index (χ3n) is 3.42. The average Bonchev–Trinajstić information content (AvgIpc) is 2.43. The van der Waals surface area contributed by atoms with Crippen LogP contribution < -0.4 is 10.1 Å². The summed E-state index contributed by atoms with van der Waals surface area (Å²) in [5, 5.41) is 2.99. The number of methoxy groups -OCH3 is 1. The maximum absolute atomic E-state index is 12.5. The van der Waals surface area contributed by atoms with Crippen molar-refractivity contribution in [3.05, 3.63) is 29.3 Å². The Kier molecular flexibility index (Phi) is 6.88. The van der Waals surface area contributed by atoms with Crippen LogP contribution in [0.1, 0.15) is 57.0 Å². The summed E-state index contributed by atoms with van der Waals surface area (Å²) < 4.78 is 10.7. The maximum atomic E-state index is 12.5. The van der Waals surface area contributed by atoms with E-state index in [4.69, 9.17) is 9.47 Å². The second-order valence-corrected chi connectivity index (χ2v) is 6.77. The summed E-state index contributed by atoms with van der Waals surface area (Å²) in [5.74, 6) is 1.04. The zero-order valence-electron chi connectivity index (χ0n) is 14.7. The molecule has 1 atom stereocenters. The van der Waals surface area contributed by atoms with Crippen molar-refractivity contribution in [2.45, 2.75) is 53.0 Å². The van der Waals surface area contributed by atoms with Gasteiger partial charge in [-0.3, -0.25) is 4.79 Å². The number of rotatable bonds is 7. The van der Waals surface area contributed by atoms with E-state index < -0.39 is 0 Å². The van der Waals surface area contributed by atoms with Gasteiger partial charge in [-0.2, -0.15) is 0 Å². The van der Waals surface area contributed by atoms with Crippen LogP contribution in [0.3, 0.4) is 0 Å². The molecule has 4 nitrogen and oxygen atoms in total. The number of hydrogen-bond acceptors (Lipinski definition) is 3. The molecule has 0 fully saturated rings. The smallest absolute Gasteiger partial charge is 0.255 e. The predicted molar refractivity (Wildman–Crippen MR) is 89.3 cm³/mol. The number of carbonyl (C=O) groups is 1. The fourth-order valence-electron chi connectivity index (χ4n) is 2.14. The van der Waals surface area contributed by atoms with Gasteiger partial charge in [0.2, 0.25) is 0 Å². The first-order chi connectivity index (χ1) is 10.3. The minimum atomic E-state index is -0.289. The van der Waals surface area contributed by atoms with Gasteiger partial charge in [0, 0.05) is 12.6 Å². The van der Waals surface area contributed by atoms with Gasteiger partial charge in [-0.25, -0.2) is 0 Å². The fourth-order valence-corrected chi connectivity index (χ4v) is 2.14. The monoisotopic (exact) mass is 307 g/mol. The molecule has 22 heavy (non-hydrogen) atoms. The van der Waals surface area contributed by atoms with Gasteiger partial charge in [-0.15, -0.1) is 0 Å². The van der Waals surface area contributed by atoms with Crippen LogP contribution in [0.25, 0.3) is 0 Å². The van der Waals surface area contributed by atoms with E-state index in [-0.39, 0.29) is 18.2 Å². The summed E-state index contributed by atoms with van der Waals surface area (Å²) in [4.78, 5) is 12.5. The quantitative estimate of drug-likeness (QED) is 0.780. The fraction of sp³-hybridized carbons (Fsp3) is 0.611. The van der Waals surface area contributed by atoms with Crippen LogP contribution in [-0.2, 0) is 11.2 Å². The Balaban J connectivity index is 3.13. The molecule has 0 saturated heterocycles. The van der Waals surface area contributed by atoms with E-state index in [0.717, 1.165) is 18.4 Å². The number of hydrogen-bond donors (Lipinski definition) is 1.